The molecule has 3 heteroatoms. The number of hydrogen-bond acceptors (Lipinski definition) is 1. The molecule has 1 aromatic heterocycles. The van der Waals surface area contributed by atoms with E-state index in [9.17, 15) is 0 Å². The van der Waals surface area contributed by atoms with Gasteiger partial charge in [0.1, 0.15) is 0 Å². The highest BCUT2D eigenvalue weighted by Gasteiger charge is 2.15. The quantitative estimate of drug-likeness (QED) is 0.762. The summed E-state index contributed by atoms with van der Waals surface area (Å²) in [5.74, 6) is 0.872. The lowest BCUT2D eigenvalue weighted by atomic mass is 10.1. The molecule has 0 atom stereocenters. The van der Waals surface area contributed by atoms with Gasteiger partial charge in [0.05, 0.1) is 10.7 Å². The number of hydrogen-bond donors (Lipinski definition) is 0. The van der Waals surface area contributed by atoms with Gasteiger partial charge in [-0.25, -0.2) is 0 Å². The molecule has 1 fully saturated rings. The van der Waals surface area contributed by atoms with Crippen molar-refractivity contribution in [2.45, 2.75) is 32.2 Å². The largest absolute Gasteiger partial charge is 0.271 e. The standard InChI is InChI=1S/C9H13BrN2/c10-9-5-11-12(7-9)6-8-3-1-2-4-8/h5,7-8H,1-4,6H2. The molecule has 1 aliphatic rings. The van der Waals surface area contributed by atoms with Crippen LogP contribution in [0.4, 0.5) is 0 Å². The maximum Gasteiger partial charge on any atom is 0.0632 e. The minimum Gasteiger partial charge on any atom is -0.271 e. The normalized spacial score (nSPS) is 18.8. The SMILES string of the molecule is Brc1cnn(CC2CCCC2)c1. The van der Waals surface area contributed by atoms with Crippen molar-refractivity contribution in [1.29, 1.82) is 0 Å². The van der Waals surface area contributed by atoms with Crippen LogP contribution in [-0.2, 0) is 6.54 Å². The highest BCUT2D eigenvalue weighted by atomic mass is 79.9. The Morgan fingerprint density at radius 1 is 1.50 bits per heavy atom. The van der Waals surface area contributed by atoms with Crippen molar-refractivity contribution >= 4 is 15.9 Å². The van der Waals surface area contributed by atoms with E-state index < -0.39 is 0 Å². The van der Waals surface area contributed by atoms with Gasteiger partial charge < -0.3 is 0 Å². The molecule has 0 amide bonds. The third-order valence-electron chi connectivity index (χ3n) is 2.52. The number of rotatable bonds is 2. The summed E-state index contributed by atoms with van der Waals surface area (Å²) in [4.78, 5) is 0. The summed E-state index contributed by atoms with van der Waals surface area (Å²) >= 11 is 3.40. The maximum atomic E-state index is 4.25. The Morgan fingerprint density at radius 3 is 2.83 bits per heavy atom. The van der Waals surface area contributed by atoms with Crippen LogP contribution in [0.1, 0.15) is 25.7 Å². The second kappa shape index (κ2) is 3.60. The summed E-state index contributed by atoms with van der Waals surface area (Å²) < 4.78 is 3.13. The average molecular weight is 229 g/mol. The van der Waals surface area contributed by atoms with Crippen molar-refractivity contribution in [1.82, 2.24) is 9.78 Å². The van der Waals surface area contributed by atoms with Crippen LogP contribution in [0.15, 0.2) is 16.9 Å². The van der Waals surface area contributed by atoms with Crippen molar-refractivity contribution in [2.75, 3.05) is 0 Å². The highest BCUT2D eigenvalue weighted by molar-refractivity contribution is 9.10. The Balaban J connectivity index is 1.94. The fourth-order valence-electron chi connectivity index (χ4n) is 1.90. The summed E-state index contributed by atoms with van der Waals surface area (Å²) in [5, 5.41) is 4.25. The van der Waals surface area contributed by atoms with E-state index in [4.69, 9.17) is 0 Å². The molecular weight excluding hydrogens is 216 g/mol. The van der Waals surface area contributed by atoms with Crippen LogP contribution in [0.5, 0.6) is 0 Å². The first-order valence-corrected chi connectivity index (χ1v) is 5.32. The monoisotopic (exact) mass is 228 g/mol. The Labute approximate surface area is 81.1 Å². The molecule has 0 unspecified atom stereocenters. The molecule has 0 aliphatic heterocycles. The van der Waals surface area contributed by atoms with Gasteiger partial charge in [-0.1, -0.05) is 12.8 Å². The topological polar surface area (TPSA) is 17.8 Å². The van der Waals surface area contributed by atoms with Gasteiger partial charge >= 0.3 is 0 Å². The van der Waals surface area contributed by atoms with Crippen LogP contribution in [0.3, 0.4) is 0 Å². The fourth-order valence-corrected chi connectivity index (χ4v) is 2.22. The van der Waals surface area contributed by atoms with Gasteiger partial charge in [0.25, 0.3) is 0 Å². The van der Waals surface area contributed by atoms with E-state index in [0.717, 1.165) is 16.9 Å². The van der Waals surface area contributed by atoms with E-state index in [1.165, 1.54) is 25.7 Å². The lowest BCUT2D eigenvalue weighted by Crippen LogP contribution is -2.07. The molecule has 1 saturated carbocycles. The lowest BCUT2D eigenvalue weighted by molar-refractivity contribution is 0.429. The van der Waals surface area contributed by atoms with Gasteiger partial charge in [0, 0.05) is 12.7 Å². The van der Waals surface area contributed by atoms with Gasteiger partial charge in [-0.15, -0.1) is 0 Å². The molecule has 1 aliphatic carbocycles. The summed E-state index contributed by atoms with van der Waals surface area (Å²) in [5.41, 5.74) is 0. The van der Waals surface area contributed by atoms with Crippen LogP contribution in [0.2, 0.25) is 0 Å². The molecule has 0 radical (unpaired) electrons. The number of aromatic nitrogens is 2. The van der Waals surface area contributed by atoms with Crippen molar-refractivity contribution in [2.24, 2.45) is 5.92 Å². The first-order chi connectivity index (χ1) is 5.84. The second-order valence-electron chi connectivity index (χ2n) is 3.53. The third kappa shape index (κ3) is 1.89. The zero-order chi connectivity index (χ0) is 8.39. The fraction of sp³-hybridized carbons (Fsp3) is 0.667. The Bertz CT molecular complexity index is 251. The summed E-state index contributed by atoms with van der Waals surface area (Å²) in [6.45, 7) is 1.10. The van der Waals surface area contributed by atoms with Gasteiger partial charge in [-0.3, -0.25) is 4.68 Å². The molecule has 12 heavy (non-hydrogen) atoms. The molecule has 0 saturated heterocycles. The van der Waals surface area contributed by atoms with Crippen molar-refractivity contribution in [3.05, 3.63) is 16.9 Å². The summed E-state index contributed by atoms with van der Waals surface area (Å²) in [7, 11) is 0. The van der Waals surface area contributed by atoms with Crippen LogP contribution in [0, 0.1) is 5.92 Å². The molecule has 1 heterocycles. The molecule has 1 aromatic rings. The molecular formula is C9H13BrN2. The number of nitrogens with zero attached hydrogens (tertiary/aromatic N) is 2. The van der Waals surface area contributed by atoms with Crippen molar-refractivity contribution in [3.8, 4) is 0 Å². The molecule has 0 aromatic carbocycles. The van der Waals surface area contributed by atoms with E-state index in [1.54, 1.807) is 0 Å². The highest BCUT2D eigenvalue weighted by Crippen LogP contribution is 2.26. The predicted octanol–water partition coefficient (Wildman–Crippen LogP) is 2.84. The van der Waals surface area contributed by atoms with Crippen LogP contribution >= 0.6 is 15.9 Å². The Hall–Kier alpha value is -0.310. The number of halogens is 1. The molecule has 2 nitrogen and oxygen atoms in total. The van der Waals surface area contributed by atoms with Gasteiger partial charge in [-0.05, 0) is 34.7 Å². The summed E-state index contributed by atoms with van der Waals surface area (Å²) in [6.07, 6.45) is 9.50. The van der Waals surface area contributed by atoms with Crippen LogP contribution in [-0.4, -0.2) is 9.78 Å². The Morgan fingerprint density at radius 2 is 2.25 bits per heavy atom. The minimum atomic E-state index is 0.872. The zero-order valence-corrected chi connectivity index (χ0v) is 8.63. The van der Waals surface area contributed by atoms with E-state index in [-0.39, 0.29) is 0 Å². The smallest absolute Gasteiger partial charge is 0.0632 e. The van der Waals surface area contributed by atoms with Crippen LogP contribution in [0.25, 0.3) is 0 Å². The molecule has 2 rings (SSSR count). The predicted molar refractivity (Wildman–Crippen MR) is 51.9 cm³/mol. The van der Waals surface area contributed by atoms with Crippen molar-refractivity contribution in [3.63, 3.8) is 0 Å². The van der Waals surface area contributed by atoms with E-state index in [2.05, 4.69) is 27.2 Å². The van der Waals surface area contributed by atoms with Crippen molar-refractivity contribution < 1.29 is 0 Å². The second-order valence-corrected chi connectivity index (χ2v) is 4.45. The zero-order valence-electron chi connectivity index (χ0n) is 7.04. The van der Waals surface area contributed by atoms with E-state index >= 15 is 0 Å². The third-order valence-corrected chi connectivity index (χ3v) is 2.93. The van der Waals surface area contributed by atoms with Gasteiger partial charge in [-0.2, -0.15) is 5.10 Å². The maximum absolute atomic E-state index is 4.25. The van der Waals surface area contributed by atoms with Gasteiger partial charge in [0.15, 0.2) is 0 Å². The lowest BCUT2D eigenvalue weighted by Gasteiger charge is -2.07. The molecule has 0 spiro atoms. The van der Waals surface area contributed by atoms with Crippen LogP contribution < -0.4 is 0 Å². The minimum absolute atomic E-state index is 0.872. The summed E-state index contributed by atoms with van der Waals surface area (Å²) in [6, 6.07) is 0. The van der Waals surface area contributed by atoms with Gasteiger partial charge in [0.2, 0.25) is 0 Å². The van der Waals surface area contributed by atoms with E-state index in [1.807, 2.05) is 10.9 Å². The Kier molecular flexibility index (Phi) is 2.49. The van der Waals surface area contributed by atoms with E-state index in [0.29, 0.717) is 0 Å². The molecule has 66 valence electrons. The molecule has 0 N–H and O–H groups in total. The first-order valence-electron chi connectivity index (χ1n) is 4.52. The first kappa shape index (κ1) is 8.30. The average Bonchev–Trinajstić information content (AvgIpc) is 2.63. The molecule has 0 bridgehead atoms.